The fraction of sp³-hybridized carbons (Fsp3) is 0.308. The van der Waals surface area contributed by atoms with Gasteiger partial charge in [-0.2, -0.15) is 10.5 Å². The molecule has 92 valence electrons. The van der Waals surface area contributed by atoms with E-state index in [0.29, 0.717) is 5.56 Å². The average Bonchev–Trinajstić information content (AvgIpc) is 2.28. The molecular formula is C13H15N5. The molecule has 0 amide bonds. The van der Waals surface area contributed by atoms with Gasteiger partial charge in [0.25, 0.3) is 0 Å². The molecule has 1 aromatic rings. The van der Waals surface area contributed by atoms with E-state index in [0.717, 1.165) is 5.69 Å². The van der Waals surface area contributed by atoms with Crippen LogP contribution in [0.5, 0.6) is 0 Å². The number of hydrogen-bond acceptors (Lipinski definition) is 3. The lowest BCUT2D eigenvalue weighted by Gasteiger charge is -2.36. The first-order valence-electron chi connectivity index (χ1n) is 5.43. The van der Waals surface area contributed by atoms with Crippen LogP contribution in [0.1, 0.15) is 26.3 Å². The monoisotopic (exact) mass is 241 g/mol. The third kappa shape index (κ3) is 2.99. The molecule has 0 saturated heterocycles. The normalized spacial score (nSPS) is 11.5. The van der Waals surface area contributed by atoms with E-state index in [1.165, 1.54) is 0 Å². The predicted molar refractivity (Wildman–Crippen MR) is 70.6 cm³/mol. The average molecular weight is 241 g/mol. The Balaban J connectivity index is 3.24. The lowest BCUT2D eigenvalue weighted by molar-refractivity contribution is 0.569. The Morgan fingerprint density at radius 2 is 1.78 bits per heavy atom. The van der Waals surface area contributed by atoms with Crippen molar-refractivity contribution in [3.63, 3.8) is 0 Å². The lowest BCUT2D eigenvalue weighted by atomic mass is 10.0. The van der Waals surface area contributed by atoms with Crippen LogP contribution in [0.15, 0.2) is 29.3 Å². The summed E-state index contributed by atoms with van der Waals surface area (Å²) in [4.78, 5) is 5.32. The van der Waals surface area contributed by atoms with Crippen LogP contribution in [0.4, 0.5) is 5.69 Å². The maximum atomic E-state index is 8.77. The second-order valence-electron chi connectivity index (χ2n) is 4.73. The highest BCUT2D eigenvalue weighted by atomic mass is 15.3. The Bertz CT molecular complexity index is 522. The zero-order valence-corrected chi connectivity index (χ0v) is 10.7. The van der Waals surface area contributed by atoms with Gasteiger partial charge in [0.15, 0.2) is 0 Å². The van der Waals surface area contributed by atoms with Gasteiger partial charge in [0.2, 0.25) is 12.2 Å². The van der Waals surface area contributed by atoms with E-state index < -0.39 is 0 Å². The minimum absolute atomic E-state index is 0.134. The summed E-state index contributed by atoms with van der Waals surface area (Å²) in [5.74, 6) is 0.134. The number of benzene rings is 1. The van der Waals surface area contributed by atoms with Gasteiger partial charge in [-0.1, -0.05) is 0 Å². The maximum Gasteiger partial charge on any atom is 0.212 e. The summed E-state index contributed by atoms with van der Waals surface area (Å²) >= 11 is 0. The number of aliphatic imine (C=N–C) groups is 1. The smallest absolute Gasteiger partial charge is 0.212 e. The number of nitrogens with two attached hydrogens (primary N) is 1. The van der Waals surface area contributed by atoms with E-state index in [9.17, 15) is 0 Å². The SMILES string of the molecule is CC(C)(C)N(C(N)=NC#N)c1ccc(C#N)cc1. The highest BCUT2D eigenvalue weighted by molar-refractivity contribution is 5.96. The Labute approximate surface area is 107 Å². The van der Waals surface area contributed by atoms with Gasteiger partial charge >= 0.3 is 0 Å². The highest BCUT2D eigenvalue weighted by Gasteiger charge is 2.25. The van der Waals surface area contributed by atoms with Gasteiger partial charge < -0.3 is 10.6 Å². The second kappa shape index (κ2) is 5.20. The minimum Gasteiger partial charge on any atom is -0.369 e. The number of nitriles is 2. The van der Waals surface area contributed by atoms with E-state index in [2.05, 4.69) is 11.1 Å². The van der Waals surface area contributed by atoms with Crippen LogP contribution in [0.25, 0.3) is 0 Å². The van der Waals surface area contributed by atoms with Gasteiger partial charge in [-0.15, -0.1) is 4.99 Å². The van der Waals surface area contributed by atoms with Crippen molar-refractivity contribution in [3.8, 4) is 12.3 Å². The van der Waals surface area contributed by atoms with Gasteiger partial charge in [-0.25, -0.2) is 0 Å². The summed E-state index contributed by atoms with van der Waals surface area (Å²) in [6, 6.07) is 9.02. The van der Waals surface area contributed by atoms with Crippen molar-refractivity contribution in [2.45, 2.75) is 26.3 Å². The zero-order chi connectivity index (χ0) is 13.8. The molecule has 2 N–H and O–H groups in total. The molecule has 0 heterocycles. The Morgan fingerprint density at radius 3 is 2.17 bits per heavy atom. The molecule has 1 rings (SSSR count). The molecule has 0 fully saturated rings. The number of hydrogen-bond donors (Lipinski definition) is 1. The quantitative estimate of drug-likeness (QED) is 0.462. The topological polar surface area (TPSA) is 89.2 Å². The summed E-state index contributed by atoms with van der Waals surface area (Å²) in [6.45, 7) is 5.89. The largest absolute Gasteiger partial charge is 0.369 e. The van der Waals surface area contributed by atoms with Gasteiger partial charge in [0.05, 0.1) is 11.6 Å². The molecule has 5 nitrogen and oxygen atoms in total. The van der Waals surface area contributed by atoms with Crippen molar-refractivity contribution in [1.82, 2.24) is 0 Å². The zero-order valence-electron chi connectivity index (χ0n) is 10.7. The molecule has 0 saturated carbocycles. The third-order valence-corrected chi connectivity index (χ3v) is 2.32. The minimum atomic E-state index is -0.321. The van der Waals surface area contributed by atoms with Crippen LogP contribution in [0.3, 0.4) is 0 Å². The summed E-state index contributed by atoms with van der Waals surface area (Å²) in [7, 11) is 0. The van der Waals surface area contributed by atoms with E-state index in [4.69, 9.17) is 16.3 Å². The molecular weight excluding hydrogens is 226 g/mol. The van der Waals surface area contributed by atoms with Gasteiger partial charge in [0.1, 0.15) is 0 Å². The van der Waals surface area contributed by atoms with Crippen LogP contribution >= 0.6 is 0 Å². The first-order chi connectivity index (χ1) is 8.40. The lowest BCUT2D eigenvalue weighted by Crippen LogP contribution is -2.49. The number of rotatable bonds is 1. The van der Waals surface area contributed by atoms with Crippen molar-refractivity contribution >= 4 is 11.6 Å². The first-order valence-corrected chi connectivity index (χ1v) is 5.43. The molecule has 0 aliphatic carbocycles. The van der Waals surface area contributed by atoms with E-state index in [1.54, 1.807) is 35.4 Å². The highest BCUT2D eigenvalue weighted by Crippen LogP contribution is 2.23. The standard InChI is InChI=1S/C13H15N5/c1-13(2,3)18(12(16)17-9-15)11-6-4-10(8-14)5-7-11/h4-7H,1-3H3,(H2,16,17). The summed E-state index contributed by atoms with van der Waals surface area (Å²) in [5, 5.41) is 17.4. The number of nitrogens with zero attached hydrogens (tertiary/aromatic N) is 4. The molecule has 0 bridgehead atoms. The molecule has 0 atom stereocenters. The van der Waals surface area contributed by atoms with Crippen LogP contribution in [-0.2, 0) is 0 Å². The summed E-state index contributed by atoms with van der Waals surface area (Å²) < 4.78 is 0. The van der Waals surface area contributed by atoms with Gasteiger partial charge in [0, 0.05) is 11.2 Å². The van der Waals surface area contributed by atoms with Crippen LogP contribution in [-0.4, -0.2) is 11.5 Å². The first kappa shape index (κ1) is 13.5. The fourth-order valence-corrected chi connectivity index (χ4v) is 1.65. The Morgan fingerprint density at radius 1 is 1.22 bits per heavy atom. The molecule has 0 spiro atoms. The van der Waals surface area contributed by atoms with E-state index >= 15 is 0 Å². The van der Waals surface area contributed by atoms with Gasteiger partial charge in [-0.05, 0) is 45.0 Å². The van der Waals surface area contributed by atoms with Crippen molar-refractivity contribution in [1.29, 1.82) is 10.5 Å². The van der Waals surface area contributed by atoms with E-state index in [-0.39, 0.29) is 11.5 Å². The maximum absolute atomic E-state index is 8.77. The third-order valence-electron chi connectivity index (χ3n) is 2.32. The van der Waals surface area contributed by atoms with Crippen LogP contribution in [0.2, 0.25) is 0 Å². The van der Waals surface area contributed by atoms with E-state index in [1.807, 2.05) is 20.8 Å². The molecule has 18 heavy (non-hydrogen) atoms. The molecule has 0 aliphatic heterocycles. The summed E-state index contributed by atoms with van der Waals surface area (Å²) in [5.41, 5.74) is 6.85. The van der Waals surface area contributed by atoms with Crippen molar-refractivity contribution in [2.24, 2.45) is 10.7 Å². The van der Waals surface area contributed by atoms with Crippen LogP contribution in [0, 0.1) is 22.8 Å². The summed E-state index contributed by atoms with van der Waals surface area (Å²) in [6.07, 6.45) is 1.68. The molecule has 1 aromatic carbocycles. The van der Waals surface area contributed by atoms with Crippen molar-refractivity contribution in [2.75, 3.05) is 4.90 Å². The number of anilines is 1. The molecule has 5 heteroatoms. The van der Waals surface area contributed by atoms with Crippen molar-refractivity contribution < 1.29 is 0 Å². The predicted octanol–water partition coefficient (Wildman–Crippen LogP) is 1.96. The Hall–Kier alpha value is -2.53. The van der Waals surface area contributed by atoms with Crippen LogP contribution < -0.4 is 10.6 Å². The number of guanidine groups is 1. The molecule has 0 unspecified atom stereocenters. The fourth-order valence-electron chi connectivity index (χ4n) is 1.65. The second-order valence-corrected chi connectivity index (χ2v) is 4.73. The molecule has 0 aromatic heterocycles. The Kier molecular flexibility index (Phi) is 3.91. The molecule has 0 aliphatic rings. The van der Waals surface area contributed by atoms with Gasteiger partial charge in [-0.3, -0.25) is 0 Å². The molecule has 0 radical (unpaired) electrons. The van der Waals surface area contributed by atoms with Crippen molar-refractivity contribution in [3.05, 3.63) is 29.8 Å².